The summed E-state index contributed by atoms with van der Waals surface area (Å²) in [5.41, 5.74) is 8.04. The van der Waals surface area contributed by atoms with Crippen LogP contribution < -0.4 is 16.4 Å². The van der Waals surface area contributed by atoms with E-state index in [-0.39, 0.29) is 18.8 Å². The highest BCUT2D eigenvalue weighted by atomic mass is 16.6. The van der Waals surface area contributed by atoms with Crippen LogP contribution in [0.3, 0.4) is 0 Å². The van der Waals surface area contributed by atoms with Crippen LogP contribution in [-0.2, 0) is 41.6 Å². The quantitative estimate of drug-likeness (QED) is 0.117. The largest absolute Gasteiger partial charge is 0.481 e. The van der Waals surface area contributed by atoms with Gasteiger partial charge in [-0.2, -0.15) is 0 Å². The molecule has 3 aromatic carbocycles. The molecule has 4 aromatic rings. The SMILES string of the molecule is CN(C(=O)[C@@H](NC(=O)[C@H](CC(=O)O)NC(=O)[C@@H](N)Cc1cccc2ccccc12)C1CCCCC1)[C@@H](Cc1c[nH]c2ccccc12)C(=O)OC(C)(C)C. The summed E-state index contributed by atoms with van der Waals surface area (Å²) in [6, 6.07) is 16.4. The van der Waals surface area contributed by atoms with Gasteiger partial charge in [-0.3, -0.25) is 19.2 Å². The van der Waals surface area contributed by atoms with E-state index in [4.69, 9.17) is 10.5 Å². The number of aliphatic carboxylic acids is 1. The molecular weight excluding hydrogens is 674 g/mol. The molecular formula is C41H51N5O7. The molecule has 5 rings (SSSR count). The van der Waals surface area contributed by atoms with Crippen LogP contribution in [0.15, 0.2) is 72.9 Å². The zero-order valence-electron chi connectivity index (χ0n) is 30.9. The van der Waals surface area contributed by atoms with Gasteiger partial charge in [-0.25, -0.2) is 4.79 Å². The molecule has 12 nitrogen and oxygen atoms in total. The van der Waals surface area contributed by atoms with Crippen LogP contribution in [0.25, 0.3) is 21.7 Å². The Morgan fingerprint density at radius 1 is 0.868 bits per heavy atom. The monoisotopic (exact) mass is 725 g/mol. The number of aromatic nitrogens is 1. The van der Waals surface area contributed by atoms with Crippen molar-refractivity contribution < 1.29 is 33.8 Å². The van der Waals surface area contributed by atoms with E-state index < -0.39 is 65.8 Å². The molecule has 4 atom stereocenters. The molecule has 1 fully saturated rings. The fourth-order valence-electron chi connectivity index (χ4n) is 7.20. The van der Waals surface area contributed by atoms with Gasteiger partial charge in [-0.05, 0) is 73.9 Å². The van der Waals surface area contributed by atoms with Gasteiger partial charge in [0.05, 0.1) is 12.5 Å². The van der Waals surface area contributed by atoms with Crippen molar-refractivity contribution >= 4 is 51.3 Å². The van der Waals surface area contributed by atoms with Crippen LogP contribution in [-0.4, -0.2) is 81.5 Å². The molecule has 1 aliphatic carbocycles. The maximum Gasteiger partial charge on any atom is 0.329 e. The van der Waals surface area contributed by atoms with Crippen LogP contribution in [0.2, 0.25) is 0 Å². The van der Waals surface area contributed by atoms with E-state index in [1.807, 2.05) is 72.9 Å². The first kappa shape index (κ1) is 39.0. The van der Waals surface area contributed by atoms with Crippen LogP contribution in [0.1, 0.15) is 70.4 Å². The molecule has 0 saturated heterocycles. The zero-order chi connectivity index (χ0) is 38.3. The maximum absolute atomic E-state index is 14.5. The Kier molecular flexibility index (Phi) is 12.6. The fourth-order valence-corrected chi connectivity index (χ4v) is 7.20. The number of carboxylic acids is 1. The third-order valence-corrected chi connectivity index (χ3v) is 9.94. The number of nitrogens with two attached hydrogens (primary N) is 1. The molecule has 0 aliphatic heterocycles. The van der Waals surface area contributed by atoms with Gasteiger partial charge in [0.15, 0.2) is 0 Å². The molecule has 12 heteroatoms. The number of hydrogen-bond donors (Lipinski definition) is 5. The van der Waals surface area contributed by atoms with Gasteiger partial charge < -0.3 is 36.1 Å². The molecule has 53 heavy (non-hydrogen) atoms. The number of aromatic amines is 1. The van der Waals surface area contributed by atoms with E-state index in [0.717, 1.165) is 52.1 Å². The van der Waals surface area contributed by atoms with Gasteiger partial charge in [0.1, 0.15) is 23.7 Å². The zero-order valence-corrected chi connectivity index (χ0v) is 30.9. The Bertz CT molecular complexity index is 1940. The summed E-state index contributed by atoms with van der Waals surface area (Å²) in [4.78, 5) is 72.2. The van der Waals surface area contributed by atoms with E-state index in [1.54, 1.807) is 20.8 Å². The third-order valence-electron chi connectivity index (χ3n) is 9.94. The van der Waals surface area contributed by atoms with E-state index in [0.29, 0.717) is 12.8 Å². The lowest BCUT2D eigenvalue weighted by Crippen LogP contribution is -2.60. The number of H-pyrrole nitrogens is 1. The van der Waals surface area contributed by atoms with E-state index >= 15 is 0 Å². The molecule has 1 aromatic heterocycles. The van der Waals surface area contributed by atoms with Crippen molar-refractivity contribution in [3.63, 3.8) is 0 Å². The Balaban J connectivity index is 1.37. The number of nitrogens with one attached hydrogen (secondary N) is 3. The summed E-state index contributed by atoms with van der Waals surface area (Å²) in [5, 5.41) is 17.9. The highest BCUT2D eigenvalue weighted by Crippen LogP contribution is 2.29. The number of fused-ring (bicyclic) bond motifs is 2. The lowest BCUT2D eigenvalue weighted by Gasteiger charge is -2.36. The maximum atomic E-state index is 14.5. The Labute approximate surface area is 309 Å². The van der Waals surface area contributed by atoms with Crippen molar-refractivity contribution in [1.82, 2.24) is 20.5 Å². The lowest BCUT2D eigenvalue weighted by molar-refractivity contribution is -0.164. The van der Waals surface area contributed by atoms with Crippen molar-refractivity contribution in [2.45, 2.75) is 102 Å². The minimum atomic E-state index is -1.50. The number of ether oxygens (including phenoxy) is 1. The summed E-state index contributed by atoms with van der Waals surface area (Å²) in [7, 11) is 1.52. The number of carboxylic acid groups (broad SMARTS) is 1. The fraction of sp³-hybridized carbons (Fsp3) is 0.439. The van der Waals surface area contributed by atoms with Gasteiger partial charge in [-0.15, -0.1) is 0 Å². The molecule has 1 saturated carbocycles. The van der Waals surface area contributed by atoms with E-state index in [1.165, 1.54) is 11.9 Å². The number of hydrogen-bond acceptors (Lipinski definition) is 7. The van der Waals surface area contributed by atoms with Crippen molar-refractivity contribution in [3.05, 3.63) is 84.1 Å². The number of esters is 1. The molecule has 0 spiro atoms. The first-order valence-electron chi connectivity index (χ1n) is 18.3. The first-order chi connectivity index (χ1) is 25.2. The molecule has 282 valence electrons. The summed E-state index contributed by atoms with van der Waals surface area (Å²) in [6.45, 7) is 5.27. The number of amides is 3. The number of likely N-dealkylation sites (N-methyl/N-ethyl adjacent to an activating group) is 1. The van der Waals surface area contributed by atoms with Crippen LogP contribution >= 0.6 is 0 Å². The van der Waals surface area contributed by atoms with E-state index in [2.05, 4.69) is 15.6 Å². The number of nitrogens with zero attached hydrogens (tertiary/aromatic N) is 1. The van der Waals surface area contributed by atoms with Crippen LogP contribution in [0, 0.1) is 5.92 Å². The Hall–Kier alpha value is -5.23. The molecule has 0 bridgehead atoms. The number of benzene rings is 3. The molecule has 3 amide bonds. The second-order valence-corrected chi connectivity index (χ2v) is 15.1. The van der Waals surface area contributed by atoms with Crippen molar-refractivity contribution in [3.8, 4) is 0 Å². The molecule has 0 radical (unpaired) electrons. The van der Waals surface area contributed by atoms with Gasteiger partial charge >= 0.3 is 11.9 Å². The third kappa shape index (κ3) is 10.0. The summed E-state index contributed by atoms with van der Waals surface area (Å²) in [6.07, 6.45) is 5.37. The lowest BCUT2D eigenvalue weighted by atomic mass is 9.83. The van der Waals surface area contributed by atoms with Gasteiger partial charge in [0, 0.05) is 30.6 Å². The van der Waals surface area contributed by atoms with Crippen molar-refractivity contribution in [1.29, 1.82) is 0 Å². The Morgan fingerprint density at radius 2 is 1.53 bits per heavy atom. The number of rotatable bonds is 14. The van der Waals surface area contributed by atoms with Gasteiger partial charge in [-0.1, -0.05) is 79.9 Å². The normalized spacial score (nSPS) is 15.9. The average molecular weight is 726 g/mol. The summed E-state index contributed by atoms with van der Waals surface area (Å²) < 4.78 is 5.80. The van der Waals surface area contributed by atoms with Crippen molar-refractivity contribution in [2.24, 2.45) is 11.7 Å². The highest BCUT2D eigenvalue weighted by Gasteiger charge is 2.40. The molecule has 1 heterocycles. The minimum Gasteiger partial charge on any atom is -0.481 e. The van der Waals surface area contributed by atoms with Gasteiger partial charge in [0.2, 0.25) is 17.7 Å². The van der Waals surface area contributed by atoms with Crippen LogP contribution in [0.5, 0.6) is 0 Å². The molecule has 0 unspecified atom stereocenters. The predicted octanol–water partition coefficient (Wildman–Crippen LogP) is 4.63. The summed E-state index contributed by atoms with van der Waals surface area (Å²) in [5.74, 6) is -4.20. The van der Waals surface area contributed by atoms with Gasteiger partial charge in [0.25, 0.3) is 0 Å². The predicted molar refractivity (Wildman–Crippen MR) is 203 cm³/mol. The number of carbonyl (C=O) groups excluding carboxylic acids is 4. The minimum absolute atomic E-state index is 0.152. The smallest absolute Gasteiger partial charge is 0.329 e. The second-order valence-electron chi connectivity index (χ2n) is 15.1. The van der Waals surface area contributed by atoms with E-state index in [9.17, 15) is 29.1 Å². The summed E-state index contributed by atoms with van der Waals surface area (Å²) >= 11 is 0. The second kappa shape index (κ2) is 17.1. The number of carbonyl (C=O) groups is 5. The first-order valence-corrected chi connectivity index (χ1v) is 18.3. The average Bonchev–Trinajstić information content (AvgIpc) is 3.54. The molecule has 1 aliphatic rings. The number of para-hydroxylation sites is 1. The topological polar surface area (TPSA) is 184 Å². The van der Waals surface area contributed by atoms with Crippen molar-refractivity contribution in [2.75, 3.05) is 7.05 Å². The highest BCUT2D eigenvalue weighted by molar-refractivity contribution is 5.96. The standard InChI is InChI=1S/C41H51N5O7/c1-41(2,3)53-40(52)34(22-28-24-43-32-20-11-10-19-30(28)32)46(4)39(51)36(26-14-6-5-7-15-26)45-38(50)33(23-35(47)48)44-37(49)31(42)21-27-17-12-16-25-13-8-9-18-29(25)27/h8-13,16-20,24,26,31,33-34,36,43H,5-7,14-15,21-23,42H2,1-4H3,(H,44,49)(H,45,50)(H,47,48)/t31-,33-,34-,36-/m0/s1. The van der Waals surface area contributed by atoms with Crippen LogP contribution in [0.4, 0.5) is 0 Å². The Morgan fingerprint density at radius 3 is 2.23 bits per heavy atom. The molecule has 6 N–H and O–H groups in total.